The van der Waals surface area contributed by atoms with Crippen molar-refractivity contribution in [1.29, 1.82) is 0 Å². The summed E-state index contributed by atoms with van der Waals surface area (Å²) in [7, 11) is 1.61. The van der Waals surface area contributed by atoms with Crippen molar-refractivity contribution in [2.24, 2.45) is 0 Å². The number of hydrogen-bond acceptors (Lipinski definition) is 5. The van der Waals surface area contributed by atoms with E-state index in [1.807, 2.05) is 24.3 Å². The van der Waals surface area contributed by atoms with Gasteiger partial charge >= 0.3 is 0 Å². The number of nitrogens with one attached hydrogen (secondary N) is 1. The molecule has 150 valence electrons. The second kappa shape index (κ2) is 8.12. The van der Waals surface area contributed by atoms with E-state index in [4.69, 9.17) is 9.15 Å². The number of furan rings is 1. The van der Waals surface area contributed by atoms with Crippen molar-refractivity contribution in [2.45, 2.75) is 0 Å². The number of H-pyrrole nitrogens is 1. The minimum atomic E-state index is -0.175. The van der Waals surface area contributed by atoms with Gasteiger partial charge in [-0.05, 0) is 58.4 Å². The van der Waals surface area contributed by atoms with Crippen molar-refractivity contribution in [3.05, 3.63) is 58.6 Å². The lowest BCUT2D eigenvalue weighted by Gasteiger charge is -2.34. The van der Waals surface area contributed by atoms with Gasteiger partial charge in [0.25, 0.3) is 11.8 Å². The van der Waals surface area contributed by atoms with Gasteiger partial charge in [-0.2, -0.15) is 5.10 Å². The van der Waals surface area contributed by atoms with Gasteiger partial charge in [0, 0.05) is 31.7 Å². The summed E-state index contributed by atoms with van der Waals surface area (Å²) in [4.78, 5) is 28.7. The molecule has 1 aliphatic rings. The first kappa shape index (κ1) is 19.3. The number of carbonyl (C=O) groups excluding carboxylic acids is 2. The number of piperazine rings is 1. The highest BCUT2D eigenvalue weighted by Crippen LogP contribution is 2.22. The lowest BCUT2D eigenvalue weighted by atomic mass is 10.1. The second-order valence-electron chi connectivity index (χ2n) is 6.58. The first-order valence-electron chi connectivity index (χ1n) is 9.09. The first-order chi connectivity index (χ1) is 14.0. The molecule has 3 aromatic rings. The minimum Gasteiger partial charge on any atom is -0.497 e. The Kier molecular flexibility index (Phi) is 5.39. The van der Waals surface area contributed by atoms with Crippen LogP contribution >= 0.6 is 15.9 Å². The molecule has 1 aromatic carbocycles. The number of ether oxygens (including phenoxy) is 1. The number of aromatic nitrogens is 2. The first-order valence-corrected chi connectivity index (χ1v) is 9.88. The third kappa shape index (κ3) is 4.04. The molecule has 0 aliphatic carbocycles. The van der Waals surface area contributed by atoms with Crippen molar-refractivity contribution in [2.75, 3.05) is 33.3 Å². The minimum absolute atomic E-state index is 0.134. The molecule has 8 nitrogen and oxygen atoms in total. The standard InChI is InChI=1S/C20H19BrN4O4/c1-28-14-4-2-13(3-5-14)15-12-16(23-22-15)19(26)24-8-10-25(11-9-24)20(27)17-6-7-18(21)29-17/h2-7,12H,8-11H2,1H3,(H,22,23). The fraction of sp³-hybridized carbons (Fsp3) is 0.250. The largest absolute Gasteiger partial charge is 0.497 e. The SMILES string of the molecule is COc1ccc(-c2cc(C(=O)N3CCN(C(=O)c4ccc(Br)o4)CC3)[nH]n2)cc1. The summed E-state index contributed by atoms with van der Waals surface area (Å²) < 4.78 is 11.0. The summed E-state index contributed by atoms with van der Waals surface area (Å²) in [6.07, 6.45) is 0. The van der Waals surface area contributed by atoms with Crippen molar-refractivity contribution in [3.63, 3.8) is 0 Å². The van der Waals surface area contributed by atoms with Crippen LogP contribution in [0, 0.1) is 0 Å². The van der Waals surface area contributed by atoms with Crippen LogP contribution in [0.4, 0.5) is 0 Å². The van der Waals surface area contributed by atoms with E-state index in [1.54, 1.807) is 35.1 Å². The fourth-order valence-electron chi connectivity index (χ4n) is 3.21. The molecule has 0 atom stereocenters. The summed E-state index contributed by atoms with van der Waals surface area (Å²) in [5.41, 5.74) is 2.00. The smallest absolute Gasteiger partial charge is 0.289 e. The Morgan fingerprint density at radius 3 is 2.28 bits per heavy atom. The van der Waals surface area contributed by atoms with Crippen molar-refractivity contribution >= 4 is 27.7 Å². The Balaban J connectivity index is 1.38. The van der Waals surface area contributed by atoms with E-state index >= 15 is 0 Å². The van der Waals surface area contributed by atoms with Crippen molar-refractivity contribution < 1.29 is 18.7 Å². The molecular weight excluding hydrogens is 440 g/mol. The summed E-state index contributed by atoms with van der Waals surface area (Å²) in [6.45, 7) is 1.79. The van der Waals surface area contributed by atoms with Crippen molar-refractivity contribution in [3.8, 4) is 17.0 Å². The van der Waals surface area contributed by atoms with E-state index in [1.165, 1.54) is 0 Å². The Labute approximate surface area is 175 Å². The van der Waals surface area contributed by atoms with Crippen LogP contribution in [0.15, 0.2) is 51.6 Å². The maximum absolute atomic E-state index is 12.8. The highest BCUT2D eigenvalue weighted by molar-refractivity contribution is 9.10. The molecule has 29 heavy (non-hydrogen) atoms. The van der Waals surface area contributed by atoms with Crippen LogP contribution in [0.3, 0.4) is 0 Å². The number of hydrogen-bond donors (Lipinski definition) is 1. The maximum Gasteiger partial charge on any atom is 0.289 e. The fourth-order valence-corrected chi connectivity index (χ4v) is 3.52. The molecule has 1 fully saturated rings. The topological polar surface area (TPSA) is 91.7 Å². The average molecular weight is 459 g/mol. The number of halogens is 1. The molecule has 0 radical (unpaired) electrons. The summed E-state index contributed by atoms with van der Waals surface area (Å²) in [5, 5.41) is 7.07. The predicted octanol–water partition coefficient (Wildman–Crippen LogP) is 3.04. The summed E-state index contributed by atoms with van der Waals surface area (Å²) in [6, 6.07) is 12.5. The van der Waals surface area contributed by atoms with E-state index in [0.29, 0.717) is 42.2 Å². The molecule has 4 rings (SSSR count). The molecule has 0 spiro atoms. The van der Waals surface area contributed by atoms with Gasteiger partial charge in [-0.25, -0.2) is 0 Å². The third-order valence-electron chi connectivity index (χ3n) is 4.83. The summed E-state index contributed by atoms with van der Waals surface area (Å²) >= 11 is 3.20. The predicted molar refractivity (Wildman–Crippen MR) is 109 cm³/mol. The molecule has 1 N–H and O–H groups in total. The van der Waals surface area contributed by atoms with Crippen LogP contribution in [0.25, 0.3) is 11.3 Å². The van der Waals surface area contributed by atoms with Gasteiger partial charge < -0.3 is 19.0 Å². The Bertz CT molecular complexity index is 1020. The molecule has 3 heterocycles. The molecule has 0 saturated carbocycles. The number of benzene rings is 1. The zero-order valence-electron chi connectivity index (χ0n) is 15.7. The van der Waals surface area contributed by atoms with E-state index in [2.05, 4.69) is 26.1 Å². The van der Waals surface area contributed by atoms with Gasteiger partial charge in [-0.3, -0.25) is 14.7 Å². The normalized spacial score (nSPS) is 14.1. The number of rotatable bonds is 4. The number of aromatic amines is 1. The number of carbonyl (C=O) groups is 2. The highest BCUT2D eigenvalue weighted by Gasteiger charge is 2.27. The van der Waals surface area contributed by atoms with Crippen LogP contribution in [0.1, 0.15) is 21.0 Å². The van der Waals surface area contributed by atoms with Gasteiger partial charge in [0.2, 0.25) is 0 Å². The van der Waals surface area contributed by atoms with E-state index in [9.17, 15) is 9.59 Å². The van der Waals surface area contributed by atoms with Crippen LogP contribution in [-0.2, 0) is 0 Å². The van der Waals surface area contributed by atoms with Crippen LogP contribution in [0.5, 0.6) is 5.75 Å². The van der Waals surface area contributed by atoms with E-state index < -0.39 is 0 Å². The molecule has 2 aromatic heterocycles. The molecule has 2 amide bonds. The van der Waals surface area contributed by atoms with Crippen LogP contribution < -0.4 is 4.74 Å². The van der Waals surface area contributed by atoms with Gasteiger partial charge in [-0.1, -0.05) is 0 Å². The Hall–Kier alpha value is -3.07. The monoisotopic (exact) mass is 458 g/mol. The zero-order chi connectivity index (χ0) is 20.4. The quantitative estimate of drug-likeness (QED) is 0.648. The van der Waals surface area contributed by atoms with E-state index in [0.717, 1.165) is 11.3 Å². The molecule has 1 saturated heterocycles. The lowest BCUT2D eigenvalue weighted by molar-refractivity contribution is 0.0514. The molecule has 0 unspecified atom stereocenters. The number of nitrogens with zero attached hydrogens (tertiary/aromatic N) is 3. The number of amides is 2. The zero-order valence-corrected chi connectivity index (χ0v) is 17.3. The highest BCUT2D eigenvalue weighted by atomic mass is 79.9. The molecule has 9 heteroatoms. The van der Waals surface area contributed by atoms with Gasteiger partial charge in [0.05, 0.1) is 12.8 Å². The van der Waals surface area contributed by atoms with E-state index in [-0.39, 0.29) is 17.6 Å². The maximum atomic E-state index is 12.8. The van der Waals surface area contributed by atoms with Gasteiger partial charge in [-0.15, -0.1) is 0 Å². The van der Waals surface area contributed by atoms with Gasteiger partial charge in [0.15, 0.2) is 10.4 Å². The second-order valence-corrected chi connectivity index (χ2v) is 7.37. The van der Waals surface area contributed by atoms with Crippen LogP contribution in [0.2, 0.25) is 0 Å². The van der Waals surface area contributed by atoms with Crippen LogP contribution in [-0.4, -0.2) is 65.1 Å². The lowest BCUT2D eigenvalue weighted by Crippen LogP contribution is -2.50. The molecule has 0 bridgehead atoms. The Morgan fingerprint density at radius 2 is 1.69 bits per heavy atom. The van der Waals surface area contributed by atoms with Gasteiger partial charge in [0.1, 0.15) is 11.4 Å². The average Bonchev–Trinajstić information content (AvgIpc) is 3.42. The third-order valence-corrected chi connectivity index (χ3v) is 5.26. The van der Waals surface area contributed by atoms with Crippen molar-refractivity contribution in [1.82, 2.24) is 20.0 Å². The number of methoxy groups -OCH3 is 1. The molecular formula is C20H19BrN4O4. The summed E-state index contributed by atoms with van der Waals surface area (Å²) in [5.74, 6) is 0.737. The Morgan fingerprint density at radius 1 is 1.03 bits per heavy atom. The molecule has 1 aliphatic heterocycles.